The number of hydrogen-bond acceptors (Lipinski definition) is 4. The van der Waals surface area contributed by atoms with Gasteiger partial charge in [0.25, 0.3) is 11.5 Å². The molecule has 8 nitrogen and oxygen atoms in total. The lowest BCUT2D eigenvalue weighted by atomic mass is 10.2. The zero-order valence-corrected chi connectivity index (χ0v) is 9.48. The van der Waals surface area contributed by atoms with E-state index in [0.29, 0.717) is 0 Å². The fourth-order valence-corrected chi connectivity index (χ4v) is 1.45. The summed E-state index contributed by atoms with van der Waals surface area (Å²) >= 11 is 0. The first-order valence-electron chi connectivity index (χ1n) is 5.19. The Balaban J connectivity index is 2.17. The topological polar surface area (TPSA) is 124 Å². The number of rotatable bonds is 3. The fourth-order valence-electron chi connectivity index (χ4n) is 1.45. The third-order valence-corrected chi connectivity index (χ3v) is 2.37. The minimum absolute atomic E-state index is 0.0842. The van der Waals surface area contributed by atoms with Crippen molar-refractivity contribution < 1.29 is 4.79 Å². The summed E-state index contributed by atoms with van der Waals surface area (Å²) in [5, 5.41) is 9.02. The van der Waals surface area contributed by atoms with E-state index in [4.69, 9.17) is 0 Å². The van der Waals surface area contributed by atoms with E-state index < -0.39 is 17.2 Å². The summed E-state index contributed by atoms with van der Waals surface area (Å²) in [7, 11) is 0. The molecule has 94 valence electrons. The summed E-state index contributed by atoms with van der Waals surface area (Å²) in [4.78, 5) is 38.1. The van der Waals surface area contributed by atoms with E-state index in [1.54, 1.807) is 19.3 Å². The lowest BCUT2D eigenvalue weighted by Gasteiger charge is -2.11. The molecule has 8 heteroatoms. The molecule has 1 unspecified atom stereocenters. The maximum atomic E-state index is 11.8. The lowest BCUT2D eigenvalue weighted by Crippen LogP contribution is -2.32. The van der Waals surface area contributed by atoms with Gasteiger partial charge >= 0.3 is 5.69 Å². The third kappa shape index (κ3) is 2.54. The summed E-state index contributed by atoms with van der Waals surface area (Å²) in [6.45, 7) is 1.76. The molecule has 0 aliphatic heterocycles. The van der Waals surface area contributed by atoms with Gasteiger partial charge in [0.1, 0.15) is 5.69 Å². The molecular weight excluding hydrogens is 238 g/mol. The molecule has 0 aliphatic carbocycles. The summed E-state index contributed by atoms with van der Waals surface area (Å²) in [5.74, 6) is -0.535. The first-order valence-corrected chi connectivity index (χ1v) is 5.19. The van der Waals surface area contributed by atoms with Gasteiger partial charge in [-0.25, -0.2) is 4.79 Å². The molecule has 0 spiro atoms. The highest BCUT2D eigenvalue weighted by molar-refractivity contribution is 5.92. The van der Waals surface area contributed by atoms with E-state index in [1.807, 2.05) is 4.98 Å². The Morgan fingerprint density at radius 3 is 2.78 bits per heavy atom. The fraction of sp³-hybridized carbons (Fsp3) is 0.200. The Bertz CT molecular complexity index is 626. The van der Waals surface area contributed by atoms with Crippen molar-refractivity contribution in [2.45, 2.75) is 13.0 Å². The second kappa shape index (κ2) is 4.70. The number of carbonyl (C=O) groups excluding carboxylic acids is 1. The third-order valence-electron chi connectivity index (χ3n) is 2.37. The van der Waals surface area contributed by atoms with Gasteiger partial charge < -0.3 is 10.3 Å². The predicted octanol–water partition coefficient (Wildman–Crippen LogP) is -0.723. The lowest BCUT2D eigenvalue weighted by molar-refractivity contribution is 0.0934. The first-order chi connectivity index (χ1) is 8.56. The second-order valence-electron chi connectivity index (χ2n) is 3.73. The van der Waals surface area contributed by atoms with Crippen LogP contribution in [-0.4, -0.2) is 26.1 Å². The van der Waals surface area contributed by atoms with Crippen molar-refractivity contribution in [3.8, 4) is 0 Å². The first kappa shape index (κ1) is 11.8. The average Bonchev–Trinajstić information content (AvgIpc) is 2.80. The number of H-pyrrole nitrogens is 3. The molecule has 1 atom stereocenters. The Morgan fingerprint density at radius 1 is 1.39 bits per heavy atom. The van der Waals surface area contributed by atoms with Crippen molar-refractivity contribution in [1.29, 1.82) is 0 Å². The maximum absolute atomic E-state index is 11.8. The van der Waals surface area contributed by atoms with E-state index in [0.717, 1.165) is 11.6 Å². The number of hydrogen-bond donors (Lipinski definition) is 4. The summed E-state index contributed by atoms with van der Waals surface area (Å²) in [6, 6.07) is 0.734. The number of amides is 1. The van der Waals surface area contributed by atoms with Gasteiger partial charge in [0.15, 0.2) is 0 Å². The van der Waals surface area contributed by atoms with Crippen molar-refractivity contribution in [2.75, 3.05) is 0 Å². The molecule has 0 saturated carbocycles. The molecule has 2 aromatic heterocycles. The highest BCUT2D eigenvalue weighted by Gasteiger charge is 2.13. The van der Waals surface area contributed by atoms with Gasteiger partial charge in [-0.2, -0.15) is 5.10 Å². The molecule has 18 heavy (non-hydrogen) atoms. The molecule has 0 aromatic carbocycles. The van der Waals surface area contributed by atoms with Crippen LogP contribution in [0.5, 0.6) is 0 Å². The summed E-state index contributed by atoms with van der Waals surface area (Å²) in [5.41, 5.74) is -0.641. The molecule has 1 amide bonds. The molecule has 0 saturated heterocycles. The minimum Gasteiger partial charge on any atom is -0.344 e. The van der Waals surface area contributed by atoms with E-state index in [1.165, 1.54) is 0 Å². The predicted molar refractivity (Wildman–Crippen MR) is 62.2 cm³/mol. The molecule has 0 aliphatic rings. The van der Waals surface area contributed by atoms with E-state index in [-0.39, 0.29) is 11.7 Å². The highest BCUT2D eigenvalue weighted by atomic mass is 16.2. The van der Waals surface area contributed by atoms with Crippen LogP contribution in [-0.2, 0) is 0 Å². The molecule has 0 fully saturated rings. The normalized spacial score (nSPS) is 12.1. The smallest absolute Gasteiger partial charge is 0.326 e. The van der Waals surface area contributed by atoms with Crippen molar-refractivity contribution in [1.82, 2.24) is 25.5 Å². The van der Waals surface area contributed by atoms with Gasteiger partial charge in [-0.3, -0.25) is 19.7 Å². The number of carbonyl (C=O) groups is 1. The number of aromatic amines is 3. The van der Waals surface area contributed by atoms with E-state index in [2.05, 4.69) is 20.5 Å². The van der Waals surface area contributed by atoms with Crippen LogP contribution >= 0.6 is 0 Å². The summed E-state index contributed by atoms with van der Waals surface area (Å²) < 4.78 is 0. The Hall–Kier alpha value is -2.64. The van der Waals surface area contributed by atoms with Crippen molar-refractivity contribution in [3.63, 3.8) is 0 Å². The molecule has 2 aromatic rings. The average molecular weight is 249 g/mol. The van der Waals surface area contributed by atoms with Gasteiger partial charge in [-0.1, -0.05) is 0 Å². The molecule has 0 bridgehead atoms. The Labute approximate surface area is 100 Å². The van der Waals surface area contributed by atoms with E-state index >= 15 is 0 Å². The zero-order valence-electron chi connectivity index (χ0n) is 9.48. The molecule has 0 radical (unpaired) electrons. The van der Waals surface area contributed by atoms with Crippen LogP contribution in [0.15, 0.2) is 28.0 Å². The van der Waals surface area contributed by atoms with Crippen LogP contribution in [0.3, 0.4) is 0 Å². The van der Waals surface area contributed by atoms with Crippen LogP contribution in [0.25, 0.3) is 0 Å². The molecular formula is C10H11N5O3. The van der Waals surface area contributed by atoms with Gasteiger partial charge in [0.05, 0.1) is 12.2 Å². The van der Waals surface area contributed by atoms with Gasteiger partial charge in [0.2, 0.25) is 0 Å². The number of nitrogens with one attached hydrogen (secondary N) is 4. The van der Waals surface area contributed by atoms with Crippen LogP contribution in [0.2, 0.25) is 0 Å². The van der Waals surface area contributed by atoms with Crippen LogP contribution < -0.4 is 16.6 Å². The number of nitrogens with zero attached hydrogens (tertiary/aromatic N) is 1. The van der Waals surface area contributed by atoms with Crippen molar-refractivity contribution in [3.05, 3.63) is 50.6 Å². The standard InChI is InChI=1S/C10H11N5O3/c1-5(6-3-11-12-4-6)13-9(17)7-2-8(16)15-10(18)14-7/h2-5H,1H3,(H,11,12)(H,13,17)(H2,14,15,16,18). The SMILES string of the molecule is CC(NC(=O)c1cc(=O)[nH]c(=O)[nH]1)c1cn[nH]c1. The van der Waals surface area contributed by atoms with Gasteiger partial charge in [-0.05, 0) is 6.92 Å². The Morgan fingerprint density at radius 2 is 2.17 bits per heavy atom. The van der Waals surface area contributed by atoms with E-state index in [9.17, 15) is 14.4 Å². The second-order valence-corrected chi connectivity index (χ2v) is 3.73. The van der Waals surface area contributed by atoms with Crippen molar-refractivity contribution >= 4 is 5.91 Å². The van der Waals surface area contributed by atoms with Gasteiger partial charge in [-0.15, -0.1) is 0 Å². The van der Waals surface area contributed by atoms with Crippen molar-refractivity contribution in [2.24, 2.45) is 0 Å². The zero-order chi connectivity index (χ0) is 13.1. The quantitative estimate of drug-likeness (QED) is 0.573. The van der Waals surface area contributed by atoms with Crippen LogP contribution in [0.4, 0.5) is 0 Å². The monoisotopic (exact) mass is 249 g/mol. The largest absolute Gasteiger partial charge is 0.344 e. The minimum atomic E-state index is -0.719. The molecule has 2 heterocycles. The number of aromatic nitrogens is 4. The van der Waals surface area contributed by atoms with Gasteiger partial charge in [0, 0.05) is 17.8 Å². The van der Waals surface area contributed by atoms with Crippen LogP contribution in [0.1, 0.15) is 29.0 Å². The summed E-state index contributed by atoms with van der Waals surface area (Å²) in [6.07, 6.45) is 3.22. The maximum Gasteiger partial charge on any atom is 0.326 e. The molecule has 4 N–H and O–H groups in total. The highest BCUT2D eigenvalue weighted by Crippen LogP contribution is 2.09. The Kier molecular flexibility index (Phi) is 3.09. The van der Waals surface area contributed by atoms with Crippen LogP contribution in [0, 0.1) is 0 Å². The molecule has 2 rings (SSSR count).